The van der Waals surface area contributed by atoms with E-state index in [0.717, 1.165) is 14.8 Å². The first-order chi connectivity index (χ1) is 9.24. The molecule has 2 amide bonds. The van der Waals surface area contributed by atoms with Crippen molar-refractivity contribution < 1.29 is 4.79 Å². The molecule has 0 saturated carbocycles. The van der Waals surface area contributed by atoms with Gasteiger partial charge in [0.15, 0.2) is 0 Å². The number of carbonyl (C=O) groups is 1. The third-order valence-electron chi connectivity index (χ3n) is 2.28. The first-order valence-corrected chi connectivity index (χ1v) is 6.72. The Kier molecular flexibility index (Phi) is 4.91. The van der Waals surface area contributed by atoms with Crippen molar-refractivity contribution >= 4 is 40.5 Å². The van der Waals surface area contributed by atoms with Gasteiger partial charge in [0.1, 0.15) is 0 Å². The van der Waals surface area contributed by atoms with Crippen LogP contribution in [0, 0.1) is 3.57 Å². The second-order valence-corrected chi connectivity index (χ2v) is 4.99. The van der Waals surface area contributed by atoms with Crippen LogP contribution in [0.1, 0.15) is 5.56 Å². The number of hydrogen-bond donors (Lipinski definition) is 2. The molecule has 0 radical (unpaired) electrons. The molecule has 4 nitrogen and oxygen atoms in total. The number of rotatable bonds is 3. The van der Waals surface area contributed by atoms with Gasteiger partial charge in [-0.2, -0.15) is 5.10 Å². The van der Waals surface area contributed by atoms with Gasteiger partial charge in [-0.3, -0.25) is 0 Å². The number of nitrogens with one attached hydrogen (secondary N) is 2. The highest BCUT2D eigenvalue weighted by atomic mass is 127. The minimum atomic E-state index is -0.368. The molecule has 0 aliphatic rings. The van der Waals surface area contributed by atoms with Crippen LogP contribution in [0.5, 0.6) is 0 Å². The molecular weight excluding hydrogens is 353 g/mol. The minimum Gasteiger partial charge on any atom is -0.307 e. The van der Waals surface area contributed by atoms with Gasteiger partial charge in [0.05, 0.1) is 6.21 Å². The topological polar surface area (TPSA) is 53.5 Å². The summed E-state index contributed by atoms with van der Waals surface area (Å²) in [5.41, 5.74) is 4.07. The van der Waals surface area contributed by atoms with Crippen LogP contribution < -0.4 is 10.7 Å². The molecular formula is C14H12IN3O. The number of hydrazone groups is 1. The first kappa shape index (κ1) is 13.5. The van der Waals surface area contributed by atoms with Crippen LogP contribution in [0.25, 0.3) is 0 Å². The number of hydrogen-bond acceptors (Lipinski definition) is 2. The minimum absolute atomic E-state index is 0.368. The molecule has 0 fully saturated rings. The average molecular weight is 365 g/mol. The molecule has 96 valence electrons. The van der Waals surface area contributed by atoms with Gasteiger partial charge in [-0.15, -0.1) is 0 Å². The molecule has 5 heteroatoms. The second kappa shape index (κ2) is 6.89. The third kappa shape index (κ3) is 4.70. The summed E-state index contributed by atoms with van der Waals surface area (Å²) in [7, 11) is 0. The van der Waals surface area contributed by atoms with E-state index < -0.39 is 0 Å². The van der Waals surface area contributed by atoms with E-state index in [0.29, 0.717) is 0 Å². The van der Waals surface area contributed by atoms with Crippen molar-refractivity contribution in [2.75, 3.05) is 5.32 Å². The SMILES string of the molecule is O=C(N/N=C/c1ccc(I)cc1)Nc1ccccc1. The Morgan fingerprint density at radius 2 is 1.74 bits per heavy atom. The number of anilines is 1. The highest BCUT2D eigenvalue weighted by molar-refractivity contribution is 14.1. The standard InChI is InChI=1S/C14H12IN3O/c15-12-8-6-11(7-9-12)10-16-18-14(19)17-13-4-2-1-3-5-13/h1-10H,(H2,17,18,19)/b16-10+. The smallest absolute Gasteiger partial charge is 0.307 e. The Hall–Kier alpha value is -1.89. The maximum atomic E-state index is 11.5. The number of urea groups is 1. The molecule has 0 aromatic heterocycles. The summed E-state index contributed by atoms with van der Waals surface area (Å²) < 4.78 is 1.16. The Labute approximate surface area is 125 Å². The maximum absolute atomic E-state index is 11.5. The number of halogens is 1. The summed E-state index contributed by atoms with van der Waals surface area (Å²) in [6, 6.07) is 16.7. The van der Waals surface area contributed by atoms with Crippen LogP contribution in [0.4, 0.5) is 10.5 Å². The van der Waals surface area contributed by atoms with Crippen LogP contribution in [0.2, 0.25) is 0 Å². The van der Waals surface area contributed by atoms with E-state index in [-0.39, 0.29) is 6.03 Å². The van der Waals surface area contributed by atoms with E-state index in [1.54, 1.807) is 6.21 Å². The monoisotopic (exact) mass is 365 g/mol. The van der Waals surface area contributed by atoms with E-state index in [4.69, 9.17) is 0 Å². The molecule has 2 aromatic carbocycles. The van der Waals surface area contributed by atoms with Crippen molar-refractivity contribution in [3.8, 4) is 0 Å². The Morgan fingerprint density at radius 1 is 1.05 bits per heavy atom. The van der Waals surface area contributed by atoms with E-state index >= 15 is 0 Å². The lowest BCUT2D eigenvalue weighted by Gasteiger charge is -2.03. The second-order valence-electron chi connectivity index (χ2n) is 3.74. The quantitative estimate of drug-likeness (QED) is 0.489. The molecule has 2 aromatic rings. The van der Waals surface area contributed by atoms with Crippen LogP contribution in [-0.4, -0.2) is 12.2 Å². The third-order valence-corrected chi connectivity index (χ3v) is 3.00. The van der Waals surface area contributed by atoms with Gasteiger partial charge in [0.2, 0.25) is 0 Å². The highest BCUT2D eigenvalue weighted by Gasteiger charge is 1.97. The zero-order valence-corrected chi connectivity index (χ0v) is 12.2. The Morgan fingerprint density at radius 3 is 2.42 bits per heavy atom. The van der Waals surface area contributed by atoms with Gasteiger partial charge in [0.25, 0.3) is 0 Å². The molecule has 0 heterocycles. The molecule has 19 heavy (non-hydrogen) atoms. The Bertz CT molecular complexity index is 567. The van der Waals surface area contributed by atoms with Crippen LogP contribution in [0.3, 0.4) is 0 Å². The molecule has 0 unspecified atom stereocenters. The zero-order valence-electron chi connectivity index (χ0n) is 10.0. The number of benzene rings is 2. The molecule has 2 N–H and O–H groups in total. The van der Waals surface area contributed by atoms with E-state index in [1.165, 1.54) is 0 Å². The van der Waals surface area contributed by atoms with Crippen molar-refractivity contribution in [2.45, 2.75) is 0 Å². The number of para-hydroxylation sites is 1. The maximum Gasteiger partial charge on any atom is 0.339 e. The van der Waals surface area contributed by atoms with Crippen molar-refractivity contribution in [3.05, 3.63) is 63.7 Å². The van der Waals surface area contributed by atoms with Gasteiger partial charge in [-0.25, -0.2) is 10.2 Å². The first-order valence-electron chi connectivity index (χ1n) is 5.65. The Balaban J connectivity index is 1.85. The lowest BCUT2D eigenvalue weighted by atomic mass is 10.2. The van der Waals surface area contributed by atoms with Crippen LogP contribution in [-0.2, 0) is 0 Å². The van der Waals surface area contributed by atoms with Crippen molar-refractivity contribution in [1.82, 2.24) is 5.43 Å². The number of amides is 2. The molecule has 0 atom stereocenters. The summed E-state index contributed by atoms with van der Waals surface area (Å²) in [5.74, 6) is 0. The molecule has 0 saturated heterocycles. The van der Waals surface area contributed by atoms with E-state index in [1.807, 2.05) is 54.6 Å². The predicted octanol–water partition coefficient (Wildman–Crippen LogP) is 3.45. The fourth-order valence-electron chi connectivity index (χ4n) is 1.39. The van der Waals surface area contributed by atoms with E-state index in [2.05, 4.69) is 38.4 Å². The van der Waals surface area contributed by atoms with Crippen LogP contribution >= 0.6 is 22.6 Å². The lowest BCUT2D eigenvalue weighted by molar-refractivity contribution is 0.252. The molecule has 0 aliphatic carbocycles. The average Bonchev–Trinajstić information content (AvgIpc) is 2.42. The zero-order chi connectivity index (χ0) is 13.5. The van der Waals surface area contributed by atoms with E-state index in [9.17, 15) is 4.79 Å². The molecule has 0 aliphatic heterocycles. The number of carbonyl (C=O) groups excluding carboxylic acids is 1. The molecule has 0 bridgehead atoms. The van der Waals surface area contributed by atoms with Crippen LogP contribution in [0.15, 0.2) is 59.7 Å². The summed E-state index contributed by atoms with van der Waals surface area (Å²) in [6.45, 7) is 0. The van der Waals surface area contributed by atoms with Gasteiger partial charge in [-0.1, -0.05) is 30.3 Å². The summed E-state index contributed by atoms with van der Waals surface area (Å²) in [4.78, 5) is 11.5. The molecule has 0 spiro atoms. The predicted molar refractivity (Wildman–Crippen MR) is 85.3 cm³/mol. The largest absolute Gasteiger partial charge is 0.339 e. The molecule has 2 rings (SSSR count). The van der Waals surface area contributed by atoms with Gasteiger partial charge in [-0.05, 0) is 52.4 Å². The van der Waals surface area contributed by atoms with Crippen molar-refractivity contribution in [3.63, 3.8) is 0 Å². The van der Waals surface area contributed by atoms with Gasteiger partial charge >= 0.3 is 6.03 Å². The number of nitrogens with zero attached hydrogens (tertiary/aromatic N) is 1. The normalized spacial score (nSPS) is 10.4. The van der Waals surface area contributed by atoms with Crippen molar-refractivity contribution in [1.29, 1.82) is 0 Å². The summed E-state index contributed by atoms with van der Waals surface area (Å²) >= 11 is 2.23. The van der Waals surface area contributed by atoms with Crippen molar-refractivity contribution in [2.24, 2.45) is 5.10 Å². The van der Waals surface area contributed by atoms with Gasteiger partial charge < -0.3 is 5.32 Å². The van der Waals surface area contributed by atoms with Gasteiger partial charge in [0, 0.05) is 9.26 Å². The lowest BCUT2D eigenvalue weighted by Crippen LogP contribution is -2.24. The summed E-state index contributed by atoms with van der Waals surface area (Å²) in [5, 5.41) is 6.55. The highest BCUT2D eigenvalue weighted by Crippen LogP contribution is 2.05. The summed E-state index contributed by atoms with van der Waals surface area (Å²) in [6.07, 6.45) is 1.60. The fourth-order valence-corrected chi connectivity index (χ4v) is 1.75. The fraction of sp³-hybridized carbons (Fsp3) is 0.